The van der Waals surface area contributed by atoms with Crippen LogP contribution in [0.4, 0.5) is 5.82 Å². The number of hydrogen-bond acceptors (Lipinski definition) is 5. The Bertz CT molecular complexity index is 369. The Hall–Kier alpha value is -1.36. The molecular weight excluding hydrogens is 216 g/mol. The zero-order chi connectivity index (χ0) is 12.3. The fourth-order valence-electron chi connectivity index (χ4n) is 2.13. The van der Waals surface area contributed by atoms with Gasteiger partial charge < -0.3 is 15.4 Å². The van der Waals surface area contributed by atoms with Gasteiger partial charge in [0, 0.05) is 19.1 Å². The molecule has 94 valence electrons. The maximum Gasteiger partial charge on any atom is 0.234 e. The molecule has 0 aliphatic carbocycles. The molecule has 0 spiro atoms. The first-order chi connectivity index (χ1) is 8.20. The van der Waals surface area contributed by atoms with Crippen LogP contribution in [-0.2, 0) is 0 Å². The van der Waals surface area contributed by atoms with Crippen LogP contribution in [-0.4, -0.2) is 35.7 Å². The molecule has 2 unspecified atom stereocenters. The molecule has 5 nitrogen and oxygen atoms in total. The summed E-state index contributed by atoms with van der Waals surface area (Å²) in [6, 6.07) is 0.239. The van der Waals surface area contributed by atoms with Gasteiger partial charge in [-0.25, -0.2) is 0 Å². The Morgan fingerprint density at radius 1 is 1.59 bits per heavy atom. The van der Waals surface area contributed by atoms with Gasteiger partial charge in [0.2, 0.25) is 5.88 Å². The number of rotatable bonds is 4. The molecule has 1 saturated heterocycles. The molecule has 1 aliphatic rings. The number of nitrogens with two attached hydrogens (primary N) is 1. The number of anilines is 1. The van der Waals surface area contributed by atoms with Gasteiger partial charge in [0.1, 0.15) is 0 Å². The van der Waals surface area contributed by atoms with Crippen LogP contribution >= 0.6 is 0 Å². The Morgan fingerprint density at radius 3 is 3.06 bits per heavy atom. The van der Waals surface area contributed by atoms with Crippen LogP contribution < -0.4 is 15.4 Å². The standard InChI is InChI=1S/C12H20N4O/c1-3-17-12-7-14-6-11(15-12)16-5-4-10(8-16)9(2)13/h6-7,9-10H,3-5,8,13H2,1-2H3. The number of nitrogens with zero attached hydrogens (tertiary/aromatic N) is 3. The summed E-state index contributed by atoms with van der Waals surface area (Å²) in [6.45, 7) is 6.58. The summed E-state index contributed by atoms with van der Waals surface area (Å²) in [5.41, 5.74) is 5.93. The van der Waals surface area contributed by atoms with Gasteiger partial charge in [-0.1, -0.05) is 0 Å². The smallest absolute Gasteiger partial charge is 0.234 e. The van der Waals surface area contributed by atoms with Crippen molar-refractivity contribution in [3.05, 3.63) is 12.4 Å². The zero-order valence-corrected chi connectivity index (χ0v) is 10.5. The Morgan fingerprint density at radius 2 is 2.41 bits per heavy atom. The van der Waals surface area contributed by atoms with Gasteiger partial charge in [0.15, 0.2) is 5.82 Å². The third-order valence-corrected chi connectivity index (χ3v) is 3.18. The minimum Gasteiger partial charge on any atom is -0.477 e. The Kier molecular flexibility index (Phi) is 3.78. The zero-order valence-electron chi connectivity index (χ0n) is 10.5. The quantitative estimate of drug-likeness (QED) is 0.846. The van der Waals surface area contributed by atoms with Gasteiger partial charge in [-0.3, -0.25) is 4.98 Å². The highest BCUT2D eigenvalue weighted by molar-refractivity contribution is 5.39. The van der Waals surface area contributed by atoms with Gasteiger partial charge in [0.05, 0.1) is 19.0 Å². The first-order valence-electron chi connectivity index (χ1n) is 6.16. The van der Waals surface area contributed by atoms with Crippen LogP contribution in [0.15, 0.2) is 12.4 Å². The maximum absolute atomic E-state index is 5.93. The molecular formula is C12H20N4O. The van der Waals surface area contributed by atoms with Crippen molar-refractivity contribution >= 4 is 5.82 Å². The maximum atomic E-state index is 5.93. The van der Waals surface area contributed by atoms with Crippen LogP contribution in [0.5, 0.6) is 5.88 Å². The second kappa shape index (κ2) is 5.31. The largest absolute Gasteiger partial charge is 0.477 e. The molecule has 0 aromatic carbocycles. The van der Waals surface area contributed by atoms with Gasteiger partial charge in [-0.2, -0.15) is 4.98 Å². The minimum absolute atomic E-state index is 0.239. The molecule has 2 atom stereocenters. The van der Waals surface area contributed by atoms with Crippen molar-refractivity contribution in [1.82, 2.24) is 9.97 Å². The highest BCUT2D eigenvalue weighted by atomic mass is 16.5. The third-order valence-electron chi connectivity index (χ3n) is 3.18. The summed E-state index contributed by atoms with van der Waals surface area (Å²) < 4.78 is 5.36. The lowest BCUT2D eigenvalue weighted by Gasteiger charge is -2.18. The van der Waals surface area contributed by atoms with Crippen LogP contribution in [0.3, 0.4) is 0 Å². The van der Waals surface area contributed by atoms with Crippen LogP contribution in [0.2, 0.25) is 0 Å². The van der Waals surface area contributed by atoms with E-state index in [4.69, 9.17) is 10.5 Å². The van der Waals surface area contributed by atoms with E-state index in [1.165, 1.54) is 0 Å². The predicted molar refractivity (Wildman–Crippen MR) is 67.2 cm³/mol. The topological polar surface area (TPSA) is 64.3 Å². The normalized spacial score (nSPS) is 21.6. The van der Waals surface area contributed by atoms with E-state index in [1.54, 1.807) is 12.4 Å². The van der Waals surface area contributed by atoms with Crippen molar-refractivity contribution in [3.8, 4) is 5.88 Å². The first kappa shape index (κ1) is 12.1. The molecule has 1 fully saturated rings. The molecule has 17 heavy (non-hydrogen) atoms. The van der Waals surface area contributed by atoms with E-state index in [1.807, 2.05) is 6.92 Å². The average molecular weight is 236 g/mol. The molecule has 1 aromatic heterocycles. The SMILES string of the molecule is CCOc1cncc(N2CCC(C(C)N)C2)n1. The molecule has 0 amide bonds. The first-order valence-corrected chi connectivity index (χ1v) is 6.16. The van der Waals surface area contributed by atoms with Gasteiger partial charge in [0.25, 0.3) is 0 Å². The summed E-state index contributed by atoms with van der Waals surface area (Å²) in [7, 11) is 0. The summed E-state index contributed by atoms with van der Waals surface area (Å²) in [6.07, 6.45) is 4.55. The molecule has 0 saturated carbocycles. The summed E-state index contributed by atoms with van der Waals surface area (Å²) in [4.78, 5) is 10.8. The minimum atomic E-state index is 0.239. The van der Waals surface area contributed by atoms with Gasteiger partial charge >= 0.3 is 0 Å². The van der Waals surface area contributed by atoms with E-state index in [0.29, 0.717) is 18.4 Å². The Balaban J connectivity index is 2.05. The van der Waals surface area contributed by atoms with Crippen LogP contribution in [0.25, 0.3) is 0 Å². The number of hydrogen-bond donors (Lipinski definition) is 1. The number of aromatic nitrogens is 2. The van der Waals surface area contributed by atoms with E-state index in [9.17, 15) is 0 Å². The second-order valence-electron chi connectivity index (χ2n) is 4.50. The fraction of sp³-hybridized carbons (Fsp3) is 0.667. The van der Waals surface area contributed by atoms with Gasteiger partial charge in [-0.15, -0.1) is 0 Å². The highest BCUT2D eigenvalue weighted by Crippen LogP contribution is 2.24. The van der Waals surface area contributed by atoms with Crippen molar-refractivity contribution in [2.24, 2.45) is 11.7 Å². The lowest BCUT2D eigenvalue weighted by molar-refractivity contribution is 0.325. The van der Waals surface area contributed by atoms with Crippen LogP contribution in [0.1, 0.15) is 20.3 Å². The molecule has 2 heterocycles. The lowest BCUT2D eigenvalue weighted by atomic mass is 10.0. The molecule has 1 aromatic rings. The molecule has 2 rings (SSSR count). The Labute approximate surface area is 102 Å². The van der Waals surface area contributed by atoms with E-state index in [2.05, 4.69) is 21.8 Å². The summed E-state index contributed by atoms with van der Waals surface area (Å²) >= 11 is 0. The monoisotopic (exact) mass is 236 g/mol. The predicted octanol–water partition coefficient (Wildman–Crippen LogP) is 1.05. The molecule has 0 radical (unpaired) electrons. The van der Waals surface area contributed by atoms with Crippen LogP contribution in [0, 0.1) is 5.92 Å². The van der Waals surface area contributed by atoms with Crippen molar-refractivity contribution in [2.45, 2.75) is 26.3 Å². The number of ether oxygens (including phenoxy) is 1. The van der Waals surface area contributed by atoms with Crippen molar-refractivity contribution in [3.63, 3.8) is 0 Å². The van der Waals surface area contributed by atoms with Crippen molar-refractivity contribution < 1.29 is 4.74 Å². The molecule has 1 aliphatic heterocycles. The van der Waals surface area contributed by atoms with Crippen molar-refractivity contribution in [2.75, 3.05) is 24.6 Å². The van der Waals surface area contributed by atoms with Gasteiger partial charge in [-0.05, 0) is 26.2 Å². The average Bonchev–Trinajstić information content (AvgIpc) is 2.79. The molecule has 0 bridgehead atoms. The summed E-state index contributed by atoms with van der Waals surface area (Å²) in [5.74, 6) is 2.03. The van der Waals surface area contributed by atoms with E-state index < -0.39 is 0 Å². The van der Waals surface area contributed by atoms with E-state index in [0.717, 1.165) is 25.3 Å². The lowest BCUT2D eigenvalue weighted by Crippen LogP contribution is -2.30. The van der Waals surface area contributed by atoms with E-state index >= 15 is 0 Å². The molecule has 2 N–H and O–H groups in total. The third kappa shape index (κ3) is 2.85. The highest BCUT2D eigenvalue weighted by Gasteiger charge is 2.26. The molecule has 5 heteroatoms. The summed E-state index contributed by atoms with van der Waals surface area (Å²) in [5, 5.41) is 0. The fourth-order valence-corrected chi connectivity index (χ4v) is 2.13. The van der Waals surface area contributed by atoms with E-state index in [-0.39, 0.29) is 6.04 Å². The van der Waals surface area contributed by atoms with Crippen molar-refractivity contribution in [1.29, 1.82) is 0 Å². The second-order valence-corrected chi connectivity index (χ2v) is 4.50.